The van der Waals surface area contributed by atoms with Crippen molar-refractivity contribution < 1.29 is 0 Å². The van der Waals surface area contributed by atoms with Gasteiger partial charge in [0.2, 0.25) is 0 Å². The summed E-state index contributed by atoms with van der Waals surface area (Å²) in [4.78, 5) is 0. The van der Waals surface area contributed by atoms with Crippen LogP contribution in [0.2, 0.25) is 0 Å². The van der Waals surface area contributed by atoms with Crippen molar-refractivity contribution in [3.63, 3.8) is 0 Å². The predicted molar refractivity (Wildman–Crippen MR) is 63.5 cm³/mol. The molecule has 0 nitrogen and oxygen atoms in total. The number of rotatable bonds is 5. The molecule has 0 aliphatic rings. The first-order valence-corrected chi connectivity index (χ1v) is 5.68. The van der Waals surface area contributed by atoms with Crippen LogP contribution in [0.1, 0.15) is 45.6 Å². The van der Waals surface area contributed by atoms with Crippen molar-refractivity contribution in [3.8, 4) is 0 Å². The number of hydrogen-bond acceptors (Lipinski definition) is 0. The molecule has 0 fully saturated rings. The Hall–Kier alpha value is -0.780. The number of benzene rings is 1. The van der Waals surface area contributed by atoms with Crippen LogP contribution in [0, 0.1) is 5.41 Å². The lowest BCUT2D eigenvalue weighted by Gasteiger charge is -2.22. The fourth-order valence-electron chi connectivity index (χ4n) is 1.59. The molecule has 0 aliphatic carbocycles. The van der Waals surface area contributed by atoms with Gasteiger partial charge >= 0.3 is 0 Å². The van der Waals surface area contributed by atoms with Crippen molar-refractivity contribution in [3.05, 3.63) is 35.9 Å². The molecule has 0 spiro atoms. The van der Waals surface area contributed by atoms with E-state index < -0.39 is 0 Å². The van der Waals surface area contributed by atoms with Crippen molar-refractivity contribution >= 4 is 0 Å². The third-order valence-electron chi connectivity index (χ3n) is 3.12. The van der Waals surface area contributed by atoms with Gasteiger partial charge in [0.05, 0.1) is 0 Å². The molecule has 0 bridgehead atoms. The molecule has 1 aromatic rings. The predicted octanol–water partition coefficient (Wildman–Crippen LogP) is 4.45. The summed E-state index contributed by atoms with van der Waals surface area (Å²) in [7, 11) is 0. The molecule has 1 aromatic carbocycles. The van der Waals surface area contributed by atoms with Crippen molar-refractivity contribution in [1.82, 2.24) is 0 Å². The number of aryl methyl sites for hydroxylation is 1. The Balaban J connectivity index is 2.29. The van der Waals surface area contributed by atoms with Gasteiger partial charge < -0.3 is 0 Å². The van der Waals surface area contributed by atoms with Crippen LogP contribution in [0.5, 0.6) is 0 Å². The molecular weight excluding hydrogens is 168 g/mol. The van der Waals surface area contributed by atoms with E-state index in [2.05, 4.69) is 51.1 Å². The summed E-state index contributed by atoms with van der Waals surface area (Å²) in [5, 5.41) is 0. The highest BCUT2D eigenvalue weighted by Crippen LogP contribution is 2.26. The van der Waals surface area contributed by atoms with E-state index in [4.69, 9.17) is 0 Å². The quantitative estimate of drug-likeness (QED) is 0.643. The molecule has 14 heavy (non-hydrogen) atoms. The van der Waals surface area contributed by atoms with Gasteiger partial charge in [0.1, 0.15) is 0 Å². The lowest BCUT2D eigenvalue weighted by molar-refractivity contribution is 0.313. The molecule has 0 aliphatic heterocycles. The molecule has 0 N–H and O–H groups in total. The van der Waals surface area contributed by atoms with Gasteiger partial charge in [-0.05, 0) is 30.2 Å². The van der Waals surface area contributed by atoms with Crippen LogP contribution in [0.25, 0.3) is 0 Å². The molecule has 0 heteroatoms. The summed E-state index contributed by atoms with van der Waals surface area (Å²) in [5.41, 5.74) is 1.99. The molecule has 0 unspecified atom stereocenters. The Bertz CT molecular complexity index is 246. The Kier molecular flexibility index (Phi) is 4.19. The lowest BCUT2D eigenvalue weighted by atomic mass is 9.84. The number of hydrogen-bond donors (Lipinski definition) is 0. The van der Waals surface area contributed by atoms with Gasteiger partial charge in [-0.1, -0.05) is 57.5 Å². The maximum Gasteiger partial charge on any atom is -0.0279 e. The van der Waals surface area contributed by atoms with Gasteiger partial charge in [-0.3, -0.25) is 0 Å². The van der Waals surface area contributed by atoms with Crippen molar-refractivity contribution in [2.45, 2.75) is 46.5 Å². The van der Waals surface area contributed by atoms with Gasteiger partial charge in [-0.25, -0.2) is 0 Å². The van der Waals surface area contributed by atoms with Crippen LogP contribution < -0.4 is 0 Å². The summed E-state index contributed by atoms with van der Waals surface area (Å²) in [6, 6.07) is 10.8. The van der Waals surface area contributed by atoms with Crippen molar-refractivity contribution in [2.75, 3.05) is 0 Å². The van der Waals surface area contributed by atoms with Gasteiger partial charge in [-0.15, -0.1) is 0 Å². The van der Waals surface area contributed by atoms with E-state index >= 15 is 0 Å². The highest BCUT2D eigenvalue weighted by atomic mass is 14.2. The van der Waals surface area contributed by atoms with E-state index in [0.29, 0.717) is 5.41 Å². The van der Waals surface area contributed by atoms with E-state index in [9.17, 15) is 0 Å². The highest BCUT2D eigenvalue weighted by molar-refractivity contribution is 5.14. The summed E-state index contributed by atoms with van der Waals surface area (Å²) in [6.07, 6.45) is 5.15. The molecule has 78 valence electrons. The molecule has 1 rings (SSSR count). The first-order valence-electron chi connectivity index (χ1n) is 5.68. The van der Waals surface area contributed by atoms with Crippen LogP contribution in [0.4, 0.5) is 0 Å². The van der Waals surface area contributed by atoms with Gasteiger partial charge in [0.25, 0.3) is 0 Å². The molecule has 0 aromatic heterocycles. The highest BCUT2D eigenvalue weighted by Gasteiger charge is 2.13. The second-order valence-corrected chi connectivity index (χ2v) is 4.86. The van der Waals surface area contributed by atoms with Crippen molar-refractivity contribution in [2.24, 2.45) is 5.41 Å². The molecule has 0 atom stereocenters. The first-order chi connectivity index (χ1) is 6.64. The third-order valence-corrected chi connectivity index (χ3v) is 3.12. The molecule has 0 saturated heterocycles. The average molecular weight is 190 g/mol. The molecule has 0 heterocycles. The minimum Gasteiger partial charge on any atom is -0.0649 e. The van der Waals surface area contributed by atoms with Gasteiger partial charge in [0.15, 0.2) is 0 Å². The Morgan fingerprint density at radius 3 is 2.29 bits per heavy atom. The Labute approximate surface area is 88.4 Å². The van der Waals surface area contributed by atoms with Crippen molar-refractivity contribution in [1.29, 1.82) is 0 Å². The summed E-state index contributed by atoms with van der Waals surface area (Å²) in [5.74, 6) is 0. The minimum absolute atomic E-state index is 0.523. The molecule has 0 saturated carbocycles. The van der Waals surface area contributed by atoms with Crippen LogP contribution in [0.3, 0.4) is 0 Å². The molecule has 0 radical (unpaired) electrons. The van der Waals surface area contributed by atoms with Gasteiger partial charge in [0, 0.05) is 0 Å². The fourth-order valence-corrected chi connectivity index (χ4v) is 1.59. The zero-order valence-corrected chi connectivity index (χ0v) is 9.72. The van der Waals surface area contributed by atoms with E-state index in [0.717, 1.165) is 0 Å². The zero-order valence-electron chi connectivity index (χ0n) is 9.72. The standard InChI is InChI=1S/C14H22/c1-4-14(2,3)12-8-11-13-9-6-5-7-10-13/h5-7,9-10H,4,8,11-12H2,1-3H3. The first kappa shape index (κ1) is 11.3. The van der Waals surface area contributed by atoms with Crippen LogP contribution in [0.15, 0.2) is 30.3 Å². The topological polar surface area (TPSA) is 0 Å². The molecular formula is C14H22. The average Bonchev–Trinajstić information content (AvgIpc) is 2.19. The summed E-state index contributed by atoms with van der Waals surface area (Å²) in [6.45, 7) is 7.00. The second-order valence-electron chi connectivity index (χ2n) is 4.86. The SMILES string of the molecule is CCC(C)(C)CCCc1ccccc1. The largest absolute Gasteiger partial charge is 0.0649 e. The maximum atomic E-state index is 2.36. The van der Waals surface area contributed by atoms with E-state index in [1.807, 2.05) is 0 Å². The summed E-state index contributed by atoms with van der Waals surface area (Å²) < 4.78 is 0. The van der Waals surface area contributed by atoms with Crippen LogP contribution in [-0.4, -0.2) is 0 Å². The van der Waals surface area contributed by atoms with E-state index in [1.165, 1.54) is 31.2 Å². The zero-order chi connectivity index (χ0) is 10.4. The smallest absolute Gasteiger partial charge is 0.0279 e. The second kappa shape index (κ2) is 5.19. The Morgan fingerprint density at radius 2 is 1.71 bits per heavy atom. The third kappa shape index (κ3) is 3.95. The monoisotopic (exact) mass is 190 g/mol. The lowest BCUT2D eigenvalue weighted by Crippen LogP contribution is -2.09. The van der Waals surface area contributed by atoms with E-state index in [1.54, 1.807) is 0 Å². The summed E-state index contributed by atoms with van der Waals surface area (Å²) >= 11 is 0. The van der Waals surface area contributed by atoms with Crippen LogP contribution >= 0.6 is 0 Å². The maximum absolute atomic E-state index is 2.36. The van der Waals surface area contributed by atoms with Crippen LogP contribution in [-0.2, 0) is 6.42 Å². The fraction of sp³-hybridized carbons (Fsp3) is 0.571. The normalized spacial score (nSPS) is 11.6. The minimum atomic E-state index is 0.523. The molecule has 0 amide bonds. The van der Waals surface area contributed by atoms with Gasteiger partial charge in [-0.2, -0.15) is 0 Å². The Morgan fingerprint density at radius 1 is 1.07 bits per heavy atom. The van der Waals surface area contributed by atoms with E-state index in [-0.39, 0.29) is 0 Å².